The van der Waals surface area contributed by atoms with Crippen molar-refractivity contribution in [3.05, 3.63) is 60.2 Å². The van der Waals surface area contributed by atoms with Crippen LogP contribution in [0, 0.1) is 0 Å². The standard InChI is InChI=1S/C22H22N4O4/c1-14-12-18(27)23-16-10-6-7-11-17(16)26(14)19(28)13-25-20(29)22(2,24-21(25)30)15-8-4-3-5-9-15/h3-11,14H,12-13H2,1-2H3,(H,23,27)(H,24,30)/t14-,22-/m1/s1. The van der Waals surface area contributed by atoms with Crippen molar-refractivity contribution in [1.82, 2.24) is 10.2 Å². The molecule has 4 rings (SSSR count). The van der Waals surface area contributed by atoms with Crippen LogP contribution >= 0.6 is 0 Å². The highest BCUT2D eigenvalue weighted by atomic mass is 16.2. The summed E-state index contributed by atoms with van der Waals surface area (Å²) in [6.07, 6.45) is 0.113. The Morgan fingerprint density at radius 2 is 1.73 bits per heavy atom. The van der Waals surface area contributed by atoms with E-state index in [1.807, 2.05) is 6.07 Å². The summed E-state index contributed by atoms with van der Waals surface area (Å²) in [5.41, 5.74) is 0.463. The first-order valence-corrected chi connectivity index (χ1v) is 9.72. The molecule has 0 unspecified atom stereocenters. The van der Waals surface area contributed by atoms with E-state index in [1.54, 1.807) is 62.4 Å². The number of hydrogen-bond acceptors (Lipinski definition) is 4. The highest BCUT2D eigenvalue weighted by molar-refractivity contribution is 6.12. The number of fused-ring (bicyclic) bond motifs is 1. The molecule has 0 saturated carbocycles. The van der Waals surface area contributed by atoms with Gasteiger partial charge in [-0.1, -0.05) is 42.5 Å². The smallest absolute Gasteiger partial charge is 0.324 e. The third-order valence-electron chi connectivity index (χ3n) is 5.55. The monoisotopic (exact) mass is 406 g/mol. The molecule has 2 heterocycles. The van der Waals surface area contributed by atoms with Crippen molar-refractivity contribution in [1.29, 1.82) is 0 Å². The summed E-state index contributed by atoms with van der Waals surface area (Å²) in [6.45, 7) is 2.97. The first kappa shape index (κ1) is 19.6. The topological polar surface area (TPSA) is 98.8 Å². The average Bonchev–Trinajstić information content (AvgIpc) is 2.85. The van der Waals surface area contributed by atoms with Gasteiger partial charge < -0.3 is 15.5 Å². The average molecular weight is 406 g/mol. The molecular weight excluding hydrogens is 384 g/mol. The normalized spacial score (nSPS) is 23.5. The lowest BCUT2D eigenvalue weighted by molar-refractivity contribution is -0.134. The van der Waals surface area contributed by atoms with E-state index in [-0.39, 0.29) is 12.3 Å². The van der Waals surface area contributed by atoms with Crippen LogP contribution in [0.15, 0.2) is 54.6 Å². The second-order valence-corrected chi connectivity index (χ2v) is 7.69. The fourth-order valence-corrected chi connectivity index (χ4v) is 3.99. The molecule has 2 aromatic carbocycles. The summed E-state index contributed by atoms with van der Waals surface area (Å²) >= 11 is 0. The van der Waals surface area contributed by atoms with Gasteiger partial charge in [0.25, 0.3) is 5.91 Å². The lowest BCUT2D eigenvalue weighted by Crippen LogP contribution is -2.47. The molecule has 0 radical (unpaired) electrons. The quantitative estimate of drug-likeness (QED) is 0.764. The SMILES string of the molecule is C[C@@H]1CC(=O)Nc2ccccc2N1C(=O)CN1C(=O)N[C@](C)(c2ccccc2)C1=O. The summed E-state index contributed by atoms with van der Waals surface area (Å²) in [5, 5.41) is 5.50. The zero-order chi connectivity index (χ0) is 21.5. The third-order valence-corrected chi connectivity index (χ3v) is 5.55. The zero-order valence-corrected chi connectivity index (χ0v) is 16.7. The minimum atomic E-state index is -1.24. The summed E-state index contributed by atoms with van der Waals surface area (Å²) in [4.78, 5) is 53.5. The molecule has 1 saturated heterocycles. The Labute approximate surface area is 173 Å². The fourth-order valence-electron chi connectivity index (χ4n) is 3.99. The molecule has 2 aliphatic rings. The molecule has 30 heavy (non-hydrogen) atoms. The molecule has 0 bridgehead atoms. The molecule has 2 aromatic rings. The molecule has 0 aromatic heterocycles. The summed E-state index contributed by atoms with van der Waals surface area (Å²) in [7, 11) is 0. The number of para-hydroxylation sites is 2. The van der Waals surface area contributed by atoms with Crippen molar-refractivity contribution in [3.63, 3.8) is 0 Å². The number of anilines is 2. The van der Waals surface area contributed by atoms with Gasteiger partial charge in [0.05, 0.1) is 11.4 Å². The zero-order valence-electron chi connectivity index (χ0n) is 16.7. The number of urea groups is 1. The number of nitrogens with zero attached hydrogens (tertiary/aromatic N) is 2. The number of imide groups is 1. The Morgan fingerprint density at radius 3 is 2.47 bits per heavy atom. The van der Waals surface area contributed by atoms with Crippen LogP contribution in [0.25, 0.3) is 0 Å². The van der Waals surface area contributed by atoms with Gasteiger partial charge in [0, 0.05) is 12.5 Å². The van der Waals surface area contributed by atoms with Crippen LogP contribution in [-0.4, -0.2) is 41.2 Å². The van der Waals surface area contributed by atoms with Crippen molar-refractivity contribution in [2.24, 2.45) is 0 Å². The van der Waals surface area contributed by atoms with Gasteiger partial charge in [-0.2, -0.15) is 0 Å². The minimum absolute atomic E-state index is 0.113. The van der Waals surface area contributed by atoms with E-state index < -0.39 is 36.0 Å². The van der Waals surface area contributed by atoms with Gasteiger partial charge in [0.2, 0.25) is 11.8 Å². The number of hydrogen-bond donors (Lipinski definition) is 2. The van der Waals surface area contributed by atoms with Crippen molar-refractivity contribution in [2.75, 3.05) is 16.8 Å². The largest absolute Gasteiger partial charge is 0.325 e. The van der Waals surface area contributed by atoms with Crippen LogP contribution < -0.4 is 15.5 Å². The second-order valence-electron chi connectivity index (χ2n) is 7.69. The number of rotatable bonds is 3. The van der Waals surface area contributed by atoms with Crippen LogP contribution in [0.3, 0.4) is 0 Å². The summed E-state index contributed by atoms with van der Waals surface area (Å²) in [5.74, 6) is -1.12. The number of nitrogens with one attached hydrogen (secondary N) is 2. The Hall–Kier alpha value is -3.68. The molecule has 2 aliphatic heterocycles. The van der Waals surface area contributed by atoms with E-state index in [9.17, 15) is 19.2 Å². The van der Waals surface area contributed by atoms with Crippen LogP contribution in [-0.2, 0) is 19.9 Å². The maximum Gasteiger partial charge on any atom is 0.325 e. The number of carbonyl (C=O) groups excluding carboxylic acids is 4. The summed E-state index contributed by atoms with van der Waals surface area (Å²) in [6, 6.07) is 14.8. The minimum Gasteiger partial charge on any atom is -0.324 e. The van der Waals surface area contributed by atoms with Crippen LogP contribution in [0.2, 0.25) is 0 Å². The van der Waals surface area contributed by atoms with Crippen LogP contribution in [0.5, 0.6) is 0 Å². The van der Waals surface area contributed by atoms with Crippen LogP contribution in [0.4, 0.5) is 16.2 Å². The molecule has 2 N–H and O–H groups in total. The van der Waals surface area contributed by atoms with Crippen molar-refractivity contribution in [2.45, 2.75) is 31.8 Å². The number of amides is 5. The Kier molecular flexibility index (Phi) is 4.77. The number of carbonyl (C=O) groups is 4. The van der Waals surface area contributed by atoms with E-state index in [2.05, 4.69) is 10.6 Å². The van der Waals surface area contributed by atoms with Gasteiger partial charge in [-0.15, -0.1) is 0 Å². The van der Waals surface area contributed by atoms with Gasteiger partial charge in [-0.25, -0.2) is 4.79 Å². The van der Waals surface area contributed by atoms with Gasteiger partial charge in [-0.05, 0) is 31.5 Å². The van der Waals surface area contributed by atoms with Gasteiger partial charge in [0.1, 0.15) is 12.1 Å². The molecule has 1 fully saturated rings. The predicted molar refractivity (Wildman–Crippen MR) is 111 cm³/mol. The first-order valence-electron chi connectivity index (χ1n) is 9.72. The Morgan fingerprint density at radius 1 is 1.07 bits per heavy atom. The van der Waals surface area contributed by atoms with Gasteiger partial charge >= 0.3 is 6.03 Å². The molecule has 0 spiro atoms. The van der Waals surface area contributed by atoms with E-state index >= 15 is 0 Å². The lowest BCUT2D eigenvalue weighted by Gasteiger charge is -2.29. The molecule has 8 nitrogen and oxygen atoms in total. The maximum atomic E-state index is 13.2. The molecule has 5 amide bonds. The maximum absolute atomic E-state index is 13.2. The van der Waals surface area contributed by atoms with Crippen molar-refractivity contribution >= 4 is 35.1 Å². The fraction of sp³-hybridized carbons (Fsp3) is 0.273. The highest BCUT2D eigenvalue weighted by Crippen LogP contribution is 2.33. The Bertz CT molecular complexity index is 1040. The van der Waals surface area contributed by atoms with Gasteiger partial charge in [0.15, 0.2) is 0 Å². The van der Waals surface area contributed by atoms with Gasteiger partial charge in [-0.3, -0.25) is 19.3 Å². The summed E-state index contributed by atoms with van der Waals surface area (Å²) < 4.78 is 0. The first-order chi connectivity index (χ1) is 14.3. The Balaban J connectivity index is 1.62. The van der Waals surface area contributed by atoms with Crippen molar-refractivity contribution < 1.29 is 19.2 Å². The molecular formula is C22H22N4O4. The van der Waals surface area contributed by atoms with E-state index in [4.69, 9.17) is 0 Å². The second kappa shape index (κ2) is 7.29. The number of benzene rings is 2. The van der Waals surface area contributed by atoms with Crippen LogP contribution in [0.1, 0.15) is 25.8 Å². The van der Waals surface area contributed by atoms with E-state index in [0.717, 1.165) is 4.90 Å². The predicted octanol–water partition coefficient (Wildman–Crippen LogP) is 2.22. The molecule has 8 heteroatoms. The highest BCUT2D eigenvalue weighted by Gasteiger charge is 2.50. The lowest BCUT2D eigenvalue weighted by atomic mass is 9.92. The third kappa shape index (κ3) is 3.20. The molecule has 154 valence electrons. The van der Waals surface area contributed by atoms with Crippen molar-refractivity contribution in [3.8, 4) is 0 Å². The molecule has 2 atom stereocenters. The van der Waals surface area contributed by atoms with E-state index in [0.29, 0.717) is 16.9 Å². The van der Waals surface area contributed by atoms with E-state index in [1.165, 1.54) is 4.90 Å². The molecule has 0 aliphatic carbocycles.